The van der Waals surface area contributed by atoms with E-state index in [1.165, 1.54) is 7.11 Å². The molecule has 0 fully saturated rings. The number of esters is 1. The molecule has 1 unspecified atom stereocenters. The molecule has 0 bridgehead atoms. The van der Waals surface area contributed by atoms with Gasteiger partial charge < -0.3 is 14.8 Å². The Morgan fingerprint density at radius 3 is 2.21 bits per heavy atom. The van der Waals surface area contributed by atoms with E-state index in [2.05, 4.69) is 10.1 Å². The quantitative estimate of drug-likeness (QED) is 0.852. The van der Waals surface area contributed by atoms with E-state index in [4.69, 9.17) is 4.74 Å². The molecule has 1 aromatic rings. The average molecular weight is 265 g/mol. The summed E-state index contributed by atoms with van der Waals surface area (Å²) in [4.78, 5) is 23.4. The topological polar surface area (TPSA) is 64.6 Å². The lowest BCUT2D eigenvalue weighted by Crippen LogP contribution is -2.38. The summed E-state index contributed by atoms with van der Waals surface area (Å²) in [5, 5.41) is 2.47. The van der Waals surface area contributed by atoms with Crippen molar-refractivity contribution >= 4 is 12.1 Å². The Hall–Kier alpha value is -2.04. The normalized spacial score (nSPS) is 12.4. The van der Waals surface area contributed by atoms with Crippen LogP contribution in [0.4, 0.5) is 4.79 Å². The maximum atomic E-state index is 12.1. The van der Waals surface area contributed by atoms with E-state index in [1.54, 1.807) is 45.0 Å². The Morgan fingerprint density at radius 2 is 1.74 bits per heavy atom. The third-order valence-corrected chi connectivity index (χ3v) is 2.22. The predicted molar refractivity (Wildman–Crippen MR) is 70.6 cm³/mol. The second-order valence-corrected chi connectivity index (χ2v) is 5.01. The summed E-state index contributed by atoms with van der Waals surface area (Å²) in [6, 6.07) is 7.99. The first-order valence-electron chi connectivity index (χ1n) is 5.96. The van der Waals surface area contributed by atoms with E-state index in [-0.39, 0.29) is 0 Å². The lowest BCUT2D eigenvalue weighted by molar-refractivity contribution is -0.157. The number of benzene rings is 1. The molecule has 5 nitrogen and oxygen atoms in total. The number of ether oxygens (including phenoxy) is 2. The summed E-state index contributed by atoms with van der Waals surface area (Å²) < 4.78 is 9.82. The van der Waals surface area contributed by atoms with Crippen LogP contribution in [0.3, 0.4) is 0 Å². The summed E-state index contributed by atoms with van der Waals surface area (Å²) in [5.74, 6) is -0.524. The molecular weight excluding hydrogens is 246 g/mol. The van der Waals surface area contributed by atoms with Gasteiger partial charge >= 0.3 is 12.1 Å². The zero-order valence-electron chi connectivity index (χ0n) is 11.6. The van der Waals surface area contributed by atoms with Crippen LogP contribution in [0.5, 0.6) is 0 Å². The van der Waals surface area contributed by atoms with Crippen LogP contribution >= 0.6 is 0 Å². The fourth-order valence-electron chi connectivity index (χ4n) is 1.46. The molecular formula is C14H19NO4. The number of hydrogen-bond acceptors (Lipinski definition) is 4. The van der Waals surface area contributed by atoms with E-state index in [9.17, 15) is 9.59 Å². The Balaban J connectivity index is 2.93. The van der Waals surface area contributed by atoms with Gasteiger partial charge in [-0.05, 0) is 26.3 Å². The molecule has 0 saturated carbocycles. The van der Waals surface area contributed by atoms with Crippen LogP contribution in [0, 0.1) is 0 Å². The molecule has 1 N–H and O–H groups in total. The van der Waals surface area contributed by atoms with Gasteiger partial charge in [-0.25, -0.2) is 9.59 Å². The second-order valence-electron chi connectivity index (χ2n) is 5.01. The highest BCUT2D eigenvalue weighted by Gasteiger charge is 2.28. The van der Waals surface area contributed by atoms with Gasteiger partial charge in [0.25, 0.3) is 0 Å². The van der Waals surface area contributed by atoms with Gasteiger partial charge in [0.2, 0.25) is 0 Å². The molecule has 1 atom stereocenters. The SMILES string of the molecule is COC(=O)NC(C(=O)OC(C)(C)C)c1ccccc1. The monoisotopic (exact) mass is 265 g/mol. The molecule has 1 aromatic carbocycles. The van der Waals surface area contributed by atoms with E-state index < -0.39 is 23.7 Å². The van der Waals surface area contributed by atoms with E-state index >= 15 is 0 Å². The van der Waals surface area contributed by atoms with Crippen LogP contribution in [0.15, 0.2) is 30.3 Å². The summed E-state index contributed by atoms with van der Waals surface area (Å²) in [7, 11) is 1.24. The van der Waals surface area contributed by atoms with Crippen molar-refractivity contribution in [2.24, 2.45) is 0 Å². The van der Waals surface area contributed by atoms with Crippen LogP contribution in [0.1, 0.15) is 32.4 Å². The number of amides is 1. The van der Waals surface area contributed by atoms with Crippen molar-refractivity contribution in [1.82, 2.24) is 5.32 Å². The number of rotatable bonds is 3. The summed E-state index contributed by atoms with van der Waals surface area (Å²) in [6.45, 7) is 5.31. The molecule has 19 heavy (non-hydrogen) atoms. The minimum Gasteiger partial charge on any atom is -0.458 e. The largest absolute Gasteiger partial charge is 0.458 e. The molecule has 5 heteroatoms. The minimum atomic E-state index is -0.882. The van der Waals surface area contributed by atoms with Gasteiger partial charge in [0.15, 0.2) is 6.04 Å². The molecule has 0 aliphatic carbocycles. The predicted octanol–water partition coefficient (Wildman–Crippen LogP) is 2.43. The Morgan fingerprint density at radius 1 is 1.16 bits per heavy atom. The highest BCUT2D eigenvalue weighted by atomic mass is 16.6. The van der Waals surface area contributed by atoms with Gasteiger partial charge in [-0.1, -0.05) is 30.3 Å². The zero-order chi connectivity index (χ0) is 14.5. The Bertz CT molecular complexity index is 437. The lowest BCUT2D eigenvalue weighted by atomic mass is 10.1. The molecule has 0 heterocycles. The third kappa shape index (κ3) is 4.99. The third-order valence-electron chi connectivity index (χ3n) is 2.22. The number of nitrogens with one attached hydrogen (secondary N) is 1. The van der Waals surface area contributed by atoms with Crippen molar-refractivity contribution in [2.75, 3.05) is 7.11 Å². The van der Waals surface area contributed by atoms with Crippen LogP contribution in [0.2, 0.25) is 0 Å². The Kier molecular flexibility index (Phi) is 4.92. The highest BCUT2D eigenvalue weighted by molar-refractivity contribution is 5.83. The van der Waals surface area contributed by atoms with E-state index in [1.807, 2.05) is 6.07 Å². The van der Waals surface area contributed by atoms with Crippen molar-refractivity contribution < 1.29 is 19.1 Å². The summed E-state index contributed by atoms with van der Waals surface area (Å²) >= 11 is 0. The molecule has 104 valence electrons. The fraction of sp³-hybridized carbons (Fsp3) is 0.429. The first-order valence-corrected chi connectivity index (χ1v) is 5.96. The lowest BCUT2D eigenvalue weighted by Gasteiger charge is -2.24. The van der Waals surface area contributed by atoms with Crippen LogP contribution in [-0.4, -0.2) is 24.8 Å². The van der Waals surface area contributed by atoms with Crippen molar-refractivity contribution in [3.8, 4) is 0 Å². The van der Waals surface area contributed by atoms with Gasteiger partial charge in [-0.2, -0.15) is 0 Å². The molecule has 0 saturated heterocycles. The molecule has 0 aliphatic heterocycles. The van der Waals surface area contributed by atoms with Gasteiger partial charge in [-0.15, -0.1) is 0 Å². The summed E-state index contributed by atoms with van der Waals surface area (Å²) in [6.07, 6.45) is -0.681. The molecule has 1 amide bonds. The fourth-order valence-corrected chi connectivity index (χ4v) is 1.46. The number of carbonyl (C=O) groups is 2. The average Bonchev–Trinajstić information content (AvgIpc) is 2.34. The first kappa shape index (κ1) is 15.0. The van der Waals surface area contributed by atoms with Gasteiger partial charge in [0, 0.05) is 0 Å². The van der Waals surface area contributed by atoms with Crippen molar-refractivity contribution in [2.45, 2.75) is 32.4 Å². The van der Waals surface area contributed by atoms with E-state index in [0.717, 1.165) is 0 Å². The molecule has 0 aliphatic rings. The van der Waals surface area contributed by atoms with Crippen LogP contribution in [0.25, 0.3) is 0 Å². The van der Waals surface area contributed by atoms with Crippen molar-refractivity contribution in [3.63, 3.8) is 0 Å². The molecule has 1 rings (SSSR count). The maximum Gasteiger partial charge on any atom is 0.407 e. The van der Waals surface area contributed by atoms with Crippen LogP contribution in [-0.2, 0) is 14.3 Å². The number of carbonyl (C=O) groups excluding carboxylic acids is 2. The minimum absolute atomic E-state index is 0.524. The van der Waals surface area contributed by atoms with Crippen LogP contribution < -0.4 is 5.32 Å². The molecule has 0 aromatic heterocycles. The second kappa shape index (κ2) is 6.22. The van der Waals surface area contributed by atoms with E-state index in [0.29, 0.717) is 5.56 Å². The van der Waals surface area contributed by atoms with Crippen molar-refractivity contribution in [3.05, 3.63) is 35.9 Å². The maximum absolute atomic E-state index is 12.1. The molecule has 0 radical (unpaired) electrons. The van der Waals surface area contributed by atoms with Crippen molar-refractivity contribution in [1.29, 1.82) is 0 Å². The summed E-state index contributed by atoms with van der Waals surface area (Å²) in [5.41, 5.74) is 0.0178. The smallest absolute Gasteiger partial charge is 0.407 e. The number of methoxy groups -OCH3 is 1. The highest BCUT2D eigenvalue weighted by Crippen LogP contribution is 2.18. The Labute approximate surface area is 112 Å². The number of hydrogen-bond donors (Lipinski definition) is 1. The zero-order valence-corrected chi connectivity index (χ0v) is 11.6. The van der Waals surface area contributed by atoms with Gasteiger partial charge in [0.05, 0.1) is 7.11 Å². The molecule has 0 spiro atoms. The number of alkyl carbamates (subject to hydrolysis) is 1. The van der Waals surface area contributed by atoms with Gasteiger partial charge in [0.1, 0.15) is 5.60 Å². The standard InChI is InChI=1S/C14H19NO4/c1-14(2,3)19-12(16)11(15-13(17)18-4)10-8-6-5-7-9-10/h5-9,11H,1-4H3,(H,15,17). The van der Waals surface area contributed by atoms with Gasteiger partial charge in [-0.3, -0.25) is 0 Å². The first-order chi connectivity index (χ1) is 8.83.